The Kier molecular flexibility index (Phi) is 3.75. The van der Waals surface area contributed by atoms with Crippen molar-refractivity contribution in [2.45, 2.75) is 20.8 Å². The first-order valence-corrected chi connectivity index (χ1v) is 7.79. The van der Waals surface area contributed by atoms with Crippen LogP contribution >= 0.6 is 11.3 Å². The Bertz CT molecular complexity index is 782. The van der Waals surface area contributed by atoms with E-state index in [2.05, 4.69) is 34.3 Å². The number of aromatic nitrogens is 2. The summed E-state index contributed by atoms with van der Waals surface area (Å²) in [6, 6.07) is 8.16. The zero-order valence-electron chi connectivity index (χ0n) is 12.3. The Balaban J connectivity index is 2.06. The van der Waals surface area contributed by atoms with Crippen molar-refractivity contribution >= 4 is 27.5 Å². The Morgan fingerprint density at radius 3 is 2.86 bits per heavy atom. The van der Waals surface area contributed by atoms with Gasteiger partial charge < -0.3 is 10.1 Å². The van der Waals surface area contributed by atoms with E-state index in [1.807, 2.05) is 31.4 Å². The minimum Gasteiger partial charge on any atom is -0.438 e. The molecule has 0 bridgehead atoms. The van der Waals surface area contributed by atoms with Gasteiger partial charge in [-0.1, -0.05) is 12.1 Å². The minimum absolute atomic E-state index is 0.603. The first-order chi connectivity index (χ1) is 10.2. The van der Waals surface area contributed by atoms with Crippen LogP contribution in [0.1, 0.15) is 18.1 Å². The lowest BCUT2D eigenvalue weighted by atomic mass is 10.1. The van der Waals surface area contributed by atoms with Crippen LogP contribution in [0.5, 0.6) is 11.6 Å². The zero-order chi connectivity index (χ0) is 14.8. The van der Waals surface area contributed by atoms with E-state index < -0.39 is 0 Å². The van der Waals surface area contributed by atoms with E-state index in [4.69, 9.17) is 4.74 Å². The second-order valence-corrected chi connectivity index (χ2v) is 5.79. The van der Waals surface area contributed by atoms with Gasteiger partial charge in [-0.3, -0.25) is 0 Å². The Morgan fingerprint density at radius 1 is 1.19 bits per heavy atom. The summed E-state index contributed by atoms with van der Waals surface area (Å²) < 4.78 is 6.06. The molecule has 0 radical (unpaired) electrons. The zero-order valence-corrected chi connectivity index (χ0v) is 13.1. The van der Waals surface area contributed by atoms with Gasteiger partial charge in [0.2, 0.25) is 11.8 Å². The van der Waals surface area contributed by atoms with Gasteiger partial charge in [0, 0.05) is 6.54 Å². The van der Waals surface area contributed by atoms with E-state index >= 15 is 0 Å². The largest absolute Gasteiger partial charge is 0.438 e. The summed E-state index contributed by atoms with van der Waals surface area (Å²) in [5.74, 6) is 2.04. The Hall–Kier alpha value is -2.14. The third-order valence-corrected chi connectivity index (χ3v) is 3.98. The van der Waals surface area contributed by atoms with Gasteiger partial charge in [-0.2, -0.15) is 4.98 Å². The molecule has 5 heteroatoms. The molecule has 1 N–H and O–H groups in total. The Labute approximate surface area is 127 Å². The summed E-state index contributed by atoms with van der Waals surface area (Å²) in [6.45, 7) is 6.88. The average molecular weight is 299 g/mol. The number of hydrogen-bond acceptors (Lipinski definition) is 5. The number of nitrogens with one attached hydrogen (secondary N) is 1. The number of nitrogens with zero attached hydrogens (tertiary/aromatic N) is 2. The molecule has 108 valence electrons. The molecule has 0 unspecified atom stereocenters. The van der Waals surface area contributed by atoms with E-state index in [0.29, 0.717) is 11.8 Å². The number of anilines is 1. The smallest absolute Gasteiger partial charge is 0.232 e. The predicted molar refractivity (Wildman–Crippen MR) is 87.6 cm³/mol. The summed E-state index contributed by atoms with van der Waals surface area (Å²) in [5.41, 5.74) is 2.26. The maximum atomic E-state index is 6.06. The molecule has 1 aromatic carbocycles. The molecule has 21 heavy (non-hydrogen) atoms. The maximum absolute atomic E-state index is 6.06. The molecule has 3 rings (SSSR count). The fourth-order valence-corrected chi connectivity index (χ4v) is 2.82. The SMILES string of the molecule is CCNc1nc(Oc2cc(C)ccc2C)c2ccsc2n1. The van der Waals surface area contributed by atoms with Crippen LogP contribution in [0, 0.1) is 13.8 Å². The summed E-state index contributed by atoms with van der Waals surface area (Å²) in [4.78, 5) is 9.91. The van der Waals surface area contributed by atoms with Gasteiger partial charge >= 0.3 is 0 Å². The van der Waals surface area contributed by atoms with Gasteiger partial charge in [0.25, 0.3) is 0 Å². The van der Waals surface area contributed by atoms with Crippen LogP contribution < -0.4 is 10.1 Å². The summed E-state index contributed by atoms with van der Waals surface area (Å²) in [7, 11) is 0. The fourth-order valence-electron chi connectivity index (χ4n) is 2.06. The second-order valence-electron chi connectivity index (χ2n) is 4.89. The number of aryl methyl sites for hydroxylation is 2. The highest BCUT2D eigenvalue weighted by atomic mass is 32.1. The molecule has 0 atom stereocenters. The molecule has 0 spiro atoms. The van der Waals surface area contributed by atoms with E-state index in [0.717, 1.165) is 33.6 Å². The molecule has 0 amide bonds. The van der Waals surface area contributed by atoms with Crippen molar-refractivity contribution in [3.8, 4) is 11.6 Å². The van der Waals surface area contributed by atoms with Crippen LogP contribution in [-0.4, -0.2) is 16.5 Å². The van der Waals surface area contributed by atoms with Gasteiger partial charge in [0.1, 0.15) is 10.6 Å². The van der Waals surface area contributed by atoms with Crippen LogP contribution in [0.3, 0.4) is 0 Å². The van der Waals surface area contributed by atoms with E-state index in [1.54, 1.807) is 11.3 Å². The molecule has 0 aliphatic rings. The predicted octanol–water partition coefficient (Wildman–Crippen LogP) is 4.53. The highest BCUT2D eigenvalue weighted by Gasteiger charge is 2.12. The van der Waals surface area contributed by atoms with Crippen molar-refractivity contribution < 1.29 is 4.74 Å². The lowest BCUT2D eigenvalue weighted by molar-refractivity contribution is 0.465. The van der Waals surface area contributed by atoms with Crippen LogP contribution in [0.4, 0.5) is 5.95 Å². The number of hydrogen-bond donors (Lipinski definition) is 1. The quantitative estimate of drug-likeness (QED) is 0.768. The third-order valence-electron chi connectivity index (χ3n) is 3.18. The van der Waals surface area contributed by atoms with Crippen molar-refractivity contribution in [2.24, 2.45) is 0 Å². The molecule has 0 fully saturated rings. The number of rotatable bonds is 4. The molecular weight excluding hydrogens is 282 g/mol. The molecule has 3 aromatic rings. The summed E-state index contributed by atoms with van der Waals surface area (Å²) >= 11 is 1.59. The molecule has 0 aliphatic carbocycles. The van der Waals surface area contributed by atoms with E-state index in [1.165, 1.54) is 0 Å². The van der Waals surface area contributed by atoms with Gasteiger partial charge in [-0.25, -0.2) is 4.98 Å². The topological polar surface area (TPSA) is 47.0 Å². The van der Waals surface area contributed by atoms with Crippen molar-refractivity contribution in [1.82, 2.24) is 9.97 Å². The molecule has 0 saturated carbocycles. The van der Waals surface area contributed by atoms with Gasteiger partial charge in [0.05, 0.1) is 5.39 Å². The summed E-state index contributed by atoms with van der Waals surface area (Å²) in [6.07, 6.45) is 0. The highest BCUT2D eigenvalue weighted by Crippen LogP contribution is 2.33. The lowest BCUT2D eigenvalue weighted by Crippen LogP contribution is -2.03. The first-order valence-electron chi connectivity index (χ1n) is 6.91. The molecule has 4 nitrogen and oxygen atoms in total. The lowest BCUT2D eigenvalue weighted by Gasteiger charge is -2.11. The van der Waals surface area contributed by atoms with Gasteiger partial charge in [-0.15, -0.1) is 11.3 Å². The van der Waals surface area contributed by atoms with Crippen molar-refractivity contribution in [2.75, 3.05) is 11.9 Å². The Morgan fingerprint density at radius 2 is 2.05 bits per heavy atom. The third kappa shape index (κ3) is 2.83. The van der Waals surface area contributed by atoms with Crippen molar-refractivity contribution in [1.29, 1.82) is 0 Å². The number of fused-ring (bicyclic) bond motifs is 1. The average Bonchev–Trinajstić information content (AvgIpc) is 2.92. The fraction of sp³-hybridized carbons (Fsp3) is 0.250. The van der Waals surface area contributed by atoms with Gasteiger partial charge in [-0.05, 0) is 49.4 Å². The normalized spacial score (nSPS) is 10.8. The molecule has 0 aliphatic heterocycles. The minimum atomic E-state index is 0.603. The number of thiophene rings is 1. The molecule has 0 saturated heterocycles. The number of benzene rings is 1. The van der Waals surface area contributed by atoms with Gasteiger partial charge in [0.15, 0.2) is 0 Å². The molecule has 2 aromatic heterocycles. The first kappa shape index (κ1) is 13.8. The number of ether oxygens (including phenoxy) is 1. The molecular formula is C16H17N3OS. The molecule has 2 heterocycles. The van der Waals surface area contributed by atoms with Crippen molar-refractivity contribution in [3.05, 3.63) is 40.8 Å². The van der Waals surface area contributed by atoms with E-state index in [9.17, 15) is 0 Å². The monoisotopic (exact) mass is 299 g/mol. The summed E-state index contributed by atoms with van der Waals surface area (Å²) in [5, 5.41) is 6.10. The van der Waals surface area contributed by atoms with E-state index in [-0.39, 0.29) is 0 Å². The van der Waals surface area contributed by atoms with Crippen LogP contribution in [0.15, 0.2) is 29.6 Å². The van der Waals surface area contributed by atoms with Crippen LogP contribution in [0.25, 0.3) is 10.2 Å². The second kappa shape index (κ2) is 5.69. The standard InChI is InChI=1S/C16H17N3OS/c1-4-17-16-18-14(12-7-8-21-15(12)19-16)20-13-9-10(2)5-6-11(13)3/h5-9H,4H2,1-3H3,(H,17,18,19). The van der Waals surface area contributed by atoms with Crippen LogP contribution in [-0.2, 0) is 0 Å². The maximum Gasteiger partial charge on any atom is 0.232 e. The van der Waals surface area contributed by atoms with Crippen LogP contribution in [0.2, 0.25) is 0 Å². The highest BCUT2D eigenvalue weighted by molar-refractivity contribution is 7.16. The van der Waals surface area contributed by atoms with Crippen molar-refractivity contribution in [3.63, 3.8) is 0 Å².